The molecule has 0 bridgehead atoms. The van der Waals surface area contributed by atoms with Crippen LogP contribution < -0.4 is 19.5 Å². The zero-order valence-corrected chi connectivity index (χ0v) is 17.9. The fourth-order valence-electron chi connectivity index (χ4n) is 3.30. The van der Waals surface area contributed by atoms with E-state index < -0.39 is 0 Å². The van der Waals surface area contributed by atoms with Crippen LogP contribution in [0.4, 0.5) is 0 Å². The quantitative estimate of drug-likeness (QED) is 0.693. The molecule has 5 nitrogen and oxygen atoms in total. The Morgan fingerprint density at radius 1 is 0.964 bits per heavy atom. The Morgan fingerprint density at radius 3 is 2.14 bits per heavy atom. The zero-order chi connectivity index (χ0) is 20.8. The fourth-order valence-corrected chi connectivity index (χ4v) is 3.30. The molecular formula is C23H31NO4. The van der Waals surface area contributed by atoms with Gasteiger partial charge in [-0.15, -0.1) is 0 Å². The van der Waals surface area contributed by atoms with E-state index in [0.717, 1.165) is 28.9 Å². The third-order valence-electron chi connectivity index (χ3n) is 4.97. The van der Waals surface area contributed by atoms with Crippen LogP contribution in [0.2, 0.25) is 0 Å². The topological polar surface area (TPSA) is 56.8 Å². The summed E-state index contributed by atoms with van der Waals surface area (Å²) in [7, 11) is 4.87. The average molecular weight is 386 g/mol. The molecule has 28 heavy (non-hydrogen) atoms. The van der Waals surface area contributed by atoms with Gasteiger partial charge >= 0.3 is 0 Å². The van der Waals surface area contributed by atoms with Gasteiger partial charge in [0, 0.05) is 5.56 Å². The summed E-state index contributed by atoms with van der Waals surface area (Å²) in [5.41, 5.74) is 3.56. The lowest BCUT2D eigenvalue weighted by molar-refractivity contribution is 0.0934. The molecule has 0 saturated heterocycles. The molecular weight excluding hydrogens is 354 g/mol. The molecule has 1 atom stereocenters. The Labute approximate surface area is 168 Å². The predicted molar refractivity (Wildman–Crippen MR) is 112 cm³/mol. The van der Waals surface area contributed by atoms with Crippen molar-refractivity contribution in [2.45, 2.75) is 46.1 Å². The molecule has 2 aromatic carbocycles. The van der Waals surface area contributed by atoms with Gasteiger partial charge in [-0.25, -0.2) is 0 Å². The number of hydrogen-bond acceptors (Lipinski definition) is 4. The van der Waals surface area contributed by atoms with Crippen LogP contribution in [0.25, 0.3) is 0 Å². The Hall–Kier alpha value is -2.69. The van der Waals surface area contributed by atoms with Crippen LogP contribution in [0.15, 0.2) is 30.3 Å². The second-order valence-corrected chi connectivity index (χ2v) is 7.11. The Balaban J connectivity index is 2.33. The standard InChI is InChI=1S/C23H31NO4/c1-8-19(16-9-10-20(26-5)22(12-16)28-7)24-23(25)18-13-17(14(2)3)21(27-6)11-15(18)4/h9-14,19H,8H2,1-7H3,(H,24,25). The maximum absolute atomic E-state index is 13.1. The average Bonchev–Trinajstić information content (AvgIpc) is 2.70. The third-order valence-corrected chi connectivity index (χ3v) is 4.97. The van der Waals surface area contributed by atoms with Gasteiger partial charge in [-0.1, -0.05) is 26.8 Å². The van der Waals surface area contributed by atoms with E-state index in [1.165, 1.54) is 0 Å². The van der Waals surface area contributed by atoms with Gasteiger partial charge in [-0.3, -0.25) is 4.79 Å². The van der Waals surface area contributed by atoms with E-state index >= 15 is 0 Å². The minimum atomic E-state index is -0.128. The number of benzene rings is 2. The van der Waals surface area contributed by atoms with Crippen molar-refractivity contribution < 1.29 is 19.0 Å². The molecule has 2 aromatic rings. The van der Waals surface area contributed by atoms with Gasteiger partial charge in [0.25, 0.3) is 5.91 Å². The molecule has 0 fully saturated rings. The summed E-state index contributed by atoms with van der Waals surface area (Å²) in [5, 5.41) is 3.16. The number of rotatable bonds is 8. The highest BCUT2D eigenvalue weighted by atomic mass is 16.5. The van der Waals surface area contributed by atoms with E-state index in [4.69, 9.17) is 14.2 Å². The van der Waals surface area contributed by atoms with E-state index in [1.54, 1.807) is 21.3 Å². The SMILES string of the molecule is CCC(NC(=O)c1cc(C(C)C)c(OC)cc1C)c1ccc(OC)c(OC)c1. The molecule has 1 N–H and O–H groups in total. The van der Waals surface area contributed by atoms with Gasteiger partial charge in [0.15, 0.2) is 11.5 Å². The molecule has 0 heterocycles. The van der Waals surface area contributed by atoms with E-state index in [9.17, 15) is 4.79 Å². The number of aryl methyl sites for hydroxylation is 1. The second kappa shape index (κ2) is 9.49. The maximum Gasteiger partial charge on any atom is 0.252 e. The lowest BCUT2D eigenvalue weighted by Gasteiger charge is -2.21. The molecule has 1 unspecified atom stereocenters. The zero-order valence-electron chi connectivity index (χ0n) is 17.9. The molecule has 0 saturated carbocycles. The van der Waals surface area contributed by atoms with Crippen molar-refractivity contribution in [3.8, 4) is 17.2 Å². The first-order valence-electron chi connectivity index (χ1n) is 9.57. The highest BCUT2D eigenvalue weighted by Crippen LogP contribution is 2.32. The number of methoxy groups -OCH3 is 3. The lowest BCUT2D eigenvalue weighted by Crippen LogP contribution is -2.29. The number of nitrogens with one attached hydrogen (secondary N) is 1. The van der Waals surface area contributed by atoms with E-state index in [0.29, 0.717) is 17.1 Å². The number of amides is 1. The summed E-state index contributed by atoms with van der Waals surface area (Å²) < 4.78 is 16.2. The number of carbonyl (C=O) groups is 1. The van der Waals surface area contributed by atoms with Crippen molar-refractivity contribution in [2.75, 3.05) is 21.3 Å². The van der Waals surface area contributed by atoms with Gasteiger partial charge < -0.3 is 19.5 Å². The van der Waals surface area contributed by atoms with Crippen LogP contribution in [-0.2, 0) is 0 Å². The van der Waals surface area contributed by atoms with Crippen molar-refractivity contribution in [2.24, 2.45) is 0 Å². The van der Waals surface area contributed by atoms with Crippen molar-refractivity contribution in [3.05, 3.63) is 52.6 Å². The molecule has 0 aliphatic heterocycles. The predicted octanol–water partition coefficient (Wildman–Crippen LogP) is 5.03. The minimum Gasteiger partial charge on any atom is -0.496 e. The second-order valence-electron chi connectivity index (χ2n) is 7.11. The highest BCUT2D eigenvalue weighted by Gasteiger charge is 2.20. The normalized spacial score (nSPS) is 11.9. The summed E-state index contributed by atoms with van der Waals surface area (Å²) in [6, 6.07) is 9.47. The first kappa shape index (κ1) is 21.6. The summed E-state index contributed by atoms with van der Waals surface area (Å²) in [4.78, 5) is 13.1. The Bertz CT molecular complexity index is 830. The molecule has 5 heteroatoms. The van der Waals surface area contributed by atoms with Crippen LogP contribution in [0.1, 0.15) is 66.2 Å². The molecule has 0 aliphatic rings. The fraction of sp³-hybridized carbons (Fsp3) is 0.435. The largest absolute Gasteiger partial charge is 0.496 e. The van der Waals surface area contributed by atoms with Crippen LogP contribution in [0, 0.1) is 6.92 Å². The summed E-state index contributed by atoms with van der Waals surface area (Å²) in [5.74, 6) is 2.30. The minimum absolute atomic E-state index is 0.0938. The smallest absolute Gasteiger partial charge is 0.252 e. The van der Waals surface area contributed by atoms with Crippen molar-refractivity contribution in [1.29, 1.82) is 0 Å². The van der Waals surface area contributed by atoms with E-state index in [1.807, 2.05) is 44.2 Å². The van der Waals surface area contributed by atoms with Crippen molar-refractivity contribution in [3.63, 3.8) is 0 Å². The van der Waals surface area contributed by atoms with E-state index in [2.05, 4.69) is 19.2 Å². The molecule has 2 rings (SSSR count). The molecule has 0 radical (unpaired) electrons. The summed E-state index contributed by atoms with van der Waals surface area (Å²) >= 11 is 0. The number of carbonyl (C=O) groups excluding carboxylic acids is 1. The lowest BCUT2D eigenvalue weighted by atomic mass is 9.95. The number of ether oxygens (including phenoxy) is 3. The number of hydrogen-bond donors (Lipinski definition) is 1. The first-order valence-corrected chi connectivity index (χ1v) is 9.57. The maximum atomic E-state index is 13.1. The van der Waals surface area contributed by atoms with Crippen LogP contribution in [0.3, 0.4) is 0 Å². The van der Waals surface area contributed by atoms with E-state index in [-0.39, 0.29) is 17.9 Å². The monoisotopic (exact) mass is 385 g/mol. The van der Waals surface area contributed by atoms with Crippen LogP contribution in [0.5, 0.6) is 17.2 Å². The van der Waals surface area contributed by atoms with Crippen molar-refractivity contribution in [1.82, 2.24) is 5.32 Å². The molecule has 1 amide bonds. The molecule has 0 aliphatic carbocycles. The van der Waals surface area contributed by atoms with Crippen LogP contribution in [-0.4, -0.2) is 27.2 Å². The van der Waals surface area contributed by atoms with Gasteiger partial charge in [-0.05, 0) is 60.2 Å². The summed E-state index contributed by atoms with van der Waals surface area (Å²) in [6.07, 6.45) is 0.757. The summed E-state index contributed by atoms with van der Waals surface area (Å²) in [6.45, 7) is 8.15. The van der Waals surface area contributed by atoms with Crippen LogP contribution >= 0.6 is 0 Å². The molecule has 0 aromatic heterocycles. The highest BCUT2D eigenvalue weighted by molar-refractivity contribution is 5.96. The van der Waals surface area contributed by atoms with Gasteiger partial charge in [-0.2, -0.15) is 0 Å². The van der Waals surface area contributed by atoms with Gasteiger partial charge in [0.1, 0.15) is 5.75 Å². The van der Waals surface area contributed by atoms with Crippen molar-refractivity contribution >= 4 is 5.91 Å². The first-order chi connectivity index (χ1) is 13.4. The van der Waals surface area contributed by atoms with Gasteiger partial charge in [0.05, 0.1) is 27.4 Å². The Kier molecular flexibility index (Phi) is 7.32. The molecule has 0 spiro atoms. The Morgan fingerprint density at radius 2 is 1.61 bits per heavy atom. The van der Waals surface area contributed by atoms with Gasteiger partial charge in [0.2, 0.25) is 0 Å². The third kappa shape index (κ3) is 4.58. The molecule has 152 valence electrons.